The minimum absolute atomic E-state index is 0. The normalized spacial score (nSPS) is 12.3. The first kappa shape index (κ1) is 24.7. The van der Waals surface area contributed by atoms with E-state index >= 15 is 0 Å². The topological polar surface area (TPSA) is 91.6 Å². The smallest absolute Gasteiger partial charge is 0.221 e. The molecule has 1 unspecified atom stereocenters. The van der Waals surface area contributed by atoms with Crippen molar-refractivity contribution in [2.45, 2.75) is 72.9 Å². The zero-order valence-corrected chi connectivity index (χ0v) is 19.0. The maximum absolute atomic E-state index is 11.8. The number of aliphatic imine (C=N–C) groups is 1. The Morgan fingerprint density at radius 2 is 1.92 bits per heavy atom. The van der Waals surface area contributed by atoms with E-state index in [0.29, 0.717) is 25.5 Å². The van der Waals surface area contributed by atoms with Crippen LogP contribution in [0.4, 0.5) is 0 Å². The summed E-state index contributed by atoms with van der Waals surface area (Å²) in [5.74, 6) is 1.65. The highest BCUT2D eigenvalue weighted by Gasteiger charge is 2.13. The quantitative estimate of drug-likeness (QED) is 0.273. The monoisotopic (exact) mass is 479 g/mol. The van der Waals surface area contributed by atoms with Gasteiger partial charge >= 0.3 is 0 Å². The lowest BCUT2D eigenvalue weighted by Gasteiger charge is -2.13. The lowest BCUT2D eigenvalue weighted by molar-refractivity contribution is -0.121. The van der Waals surface area contributed by atoms with Crippen molar-refractivity contribution < 1.29 is 9.32 Å². The maximum Gasteiger partial charge on any atom is 0.221 e. The number of hydrogen-bond acceptors (Lipinski definition) is 4. The van der Waals surface area contributed by atoms with Crippen molar-refractivity contribution in [3.63, 3.8) is 0 Å². The number of guanidine groups is 1. The molecule has 0 saturated heterocycles. The summed E-state index contributed by atoms with van der Waals surface area (Å²) in [5.41, 5.74) is 2.03. The van der Waals surface area contributed by atoms with E-state index in [2.05, 4.69) is 39.9 Å². The van der Waals surface area contributed by atoms with Crippen LogP contribution in [0.2, 0.25) is 0 Å². The van der Waals surface area contributed by atoms with E-state index in [1.54, 1.807) is 0 Å². The Balaban J connectivity index is 0.00000625. The van der Waals surface area contributed by atoms with Crippen LogP contribution in [0.1, 0.15) is 64.5 Å². The Bertz CT molecular complexity index is 538. The molecule has 26 heavy (non-hydrogen) atoms. The molecule has 1 heterocycles. The second-order valence-corrected chi connectivity index (χ2v) is 5.99. The molecule has 0 bridgehead atoms. The van der Waals surface area contributed by atoms with Crippen LogP contribution in [0.3, 0.4) is 0 Å². The van der Waals surface area contributed by atoms with E-state index < -0.39 is 0 Å². The van der Waals surface area contributed by atoms with Gasteiger partial charge < -0.3 is 20.5 Å². The summed E-state index contributed by atoms with van der Waals surface area (Å²) >= 11 is 0. The van der Waals surface area contributed by atoms with E-state index in [4.69, 9.17) is 4.52 Å². The van der Waals surface area contributed by atoms with Gasteiger partial charge in [-0.05, 0) is 26.7 Å². The van der Waals surface area contributed by atoms with Gasteiger partial charge in [-0.2, -0.15) is 0 Å². The second kappa shape index (κ2) is 13.8. The van der Waals surface area contributed by atoms with E-state index in [1.165, 1.54) is 0 Å². The Labute approximate surface area is 174 Å². The Morgan fingerprint density at radius 1 is 1.19 bits per heavy atom. The molecule has 0 saturated carbocycles. The van der Waals surface area contributed by atoms with E-state index in [-0.39, 0.29) is 35.9 Å². The first-order valence-electron chi connectivity index (χ1n) is 9.33. The average molecular weight is 479 g/mol. The molecule has 1 rings (SSSR count). The molecule has 0 aliphatic rings. The molecular formula is C18H34IN5O2. The number of aromatic nitrogens is 1. The summed E-state index contributed by atoms with van der Waals surface area (Å²) in [5, 5.41) is 13.5. The van der Waals surface area contributed by atoms with Gasteiger partial charge in [0.05, 0.1) is 12.2 Å². The van der Waals surface area contributed by atoms with Gasteiger partial charge in [-0.15, -0.1) is 24.0 Å². The molecule has 7 nitrogen and oxygen atoms in total. The molecule has 0 spiro atoms. The third kappa shape index (κ3) is 8.37. The van der Waals surface area contributed by atoms with Crippen molar-refractivity contribution in [3.05, 3.63) is 17.0 Å². The molecule has 3 N–H and O–H groups in total. The Morgan fingerprint density at radius 3 is 2.50 bits per heavy atom. The Hall–Kier alpha value is -1.32. The third-order valence-corrected chi connectivity index (χ3v) is 4.01. The fourth-order valence-corrected chi connectivity index (χ4v) is 2.36. The number of halogens is 1. The van der Waals surface area contributed by atoms with Crippen LogP contribution in [0, 0.1) is 0 Å². The molecule has 0 fully saturated rings. The molecule has 1 amide bonds. The van der Waals surface area contributed by atoms with Crippen molar-refractivity contribution in [3.8, 4) is 0 Å². The predicted octanol–water partition coefficient (Wildman–Crippen LogP) is 2.78. The van der Waals surface area contributed by atoms with Crippen LogP contribution in [0.25, 0.3) is 0 Å². The standard InChI is InChI=1S/C18H33N5O2.HI/c1-6-13(5)22-17(24)10-11-20-18(19-9-4)21-12-14-15(7-2)23-25-16(14)8-3;/h13H,6-12H2,1-5H3,(H,22,24)(H2,19,20,21);1H. The average Bonchev–Trinajstić information content (AvgIpc) is 3.01. The van der Waals surface area contributed by atoms with E-state index in [1.807, 2.05) is 20.8 Å². The number of aryl methyl sites for hydroxylation is 2. The van der Waals surface area contributed by atoms with Crippen molar-refractivity contribution in [1.29, 1.82) is 0 Å². The van der Waals surface area contributed by atoms with Crippen LogP contribution >= 0.6 is 24.0 Å². The minimum Gasteiger partial charge on any atom is -0.361 e. The predicted molar refractivity (Wildman–Crippen MR) is 116 cm³/mol. The fraction of sp³-hybridized carbons (Fsp3) is 0.722. The van der Waals surface area contributed by atoms with Crippen molar-refractivity contribution in [2.24, 2.45) is 4.99 Å². The van der Waals surface area contributed by atoms with Gasteiger partial charge in [0.25, 0.3) is 0 Å². The van der Waals surface area contributed by atoms with Gasteiger partial charge in [0, 0.05) is 37.5 Å². The van der Waals surface area contributed by atoms with Crippen LogP contribution < -0.4 is 16.0 Å². The highest BCUT2D eigenvalue weighted by atomic mass is 127. The third-order valence-electron chi connectivity index (χ3n) is 4.01. The van der Waals surface area contributed by atoms with Crippen LogP contribution in [-0.2, 0) is 24.2 Å². The molecule has 0 aliphatic carbocycles. The van der Waals surface area contributed by atoms with Crippen molar-refractivity contribution in [2.75, 3.05) is 13.1 Å². The lowest BCUT2D eigenvalue weighted by atomic mass is 10.1. The number of rotatable bonds is 10. The van der Waals surface area contributed by atoms with Crippen LogP contribution in [0.15, 0.2) is 9.52 Å². The molecule has 1 aromatic heterocycles. The molecule has 1 atom stereocenters. The summed E-state index contributed by atoms with van der Waals surface area (Å²) in [7, 11) is 0. The van der Waals surface area contributed by atoms with Gasteiger partial charge in [0.15, 0.2) is 5.96 Å². The zero-order chi connectivity index (χ0) is 18.7. The second-order valence-electron chi connectivity index (χ2n) is 5.99. The van der Waals surface area contributed by atoms with Crippen LogP contribution in [0.5, 0.6) is 0 Å². The lowest BCUT2D eigenvalue weighted by Crippen LogP contribution is -2.40. The highest BCUT2D eigenvalue weighted by molar-refractivity contribution is 14.0. The first-order valence-corrected chi connectivity index (χ1v) is 9.33. The largest absolute Gasteiger partial charge is 0.361 e. The summed E-state index contributed by atoms with van der Waals surface area (Å²) in [4.78, 5) is 16.4. The molecular weight excluding hydrogens is 445 g/mol. The zero-order valence-electron chi connectivity index (χ0n) is 16.6. The van der Waals surface area contributed by atoms with Gasteiger partial charge in [0.1, 0.15) is 5.76 Å². The van der Waals surface area contributed by atoms with Gasteiger partial charge in [-0.25, -0.2) is 4.99 Å². The summed E-state index contributed by atoms with van der Waals surface area (Å²) in [6, 6.07) is 0.211. The summed E-state index contributed by atoms with van der Waals surface area (Å²) in [6.45, 7) is 12.0. The summed E-state index contributed by atoms with van der Waals surface area (Å²) < 4.78 is 5.38. The number of hydrogen-bond donors (Lipinski definition) is 3. The first-order chi connectivity index (χ1) is 12.0. The molecule has 0 radical (unpaired) electrons. The van der Waals surface area contributed by atoms with Gasteiger partial charge in [-0.3, -0.25) is 4.79 Å². The number of nitrogens with one attached hydrogen (secondary N) is 3. The maximum atomic E-state index is 11.8. The van der Waals surface area contributed by atoms with E-state index in [0.717, 1.165) is 42.8 Å². The number of carbonyl (C=O) groups is 1. The molecule has 8 heteroatoms. The fourth-order valence-electron chi connectivity index (χ4n) is 2.36. The van der Waals surface area contributed by atoms with Gasteiger partial charge in [-0.1, -0.05) is 25.9 Å². The van der Waals surface area contributed by atoms with E-state index in [9.17, 15) is 4.79 Å². The highest BCUT2D eigenvalue weighted by Crippen LogP contribution is 2.16. The molecule has 150 valence electrons. The van der Waals surface area contributed by atoms with Crippen molar-refractivity contribution in [1.82, 2.24) is 21.1 Å². The molecule has 1 aromatic rings. The molecule has 0 aliphatic heterocycles. The number of carbonyl (C=O) groups excluding carboxylic acids is 1. The van der Waals surface area contributed by atoms with Gasteiger partial charge in [0.2, 0.25) is 5.91 Å². The summed E-state index contributed by atoms with van der Waals surface area (Å²) in [6.07, 6.45) is 2.98. The minimum atomic E-state index is 0. The SMILES string of the molecule is CCNC(=NCc1c(CC)noc1CC)NCCC(=O)NC(C)CC.I. The van der Waals surface area contributed by atoms with Crippen molar-refractivity contribution >= 4 is 35.8 Å². The Kier molecular flexibility index (Phi) is 13.1. The number of amides is 1. The molecule has 0 aromatic carbocycles. The number of nitrogens with zero attached hydrogens (tertiary/aromatic N) is 2. The van der Waals surface area contributed by atoms with Crippen LogP contribution in [-0.4, -0.2) is 36.2 Å².